The van der Waals surface area contributed by atoms with Gasteiger partial charge in [-0.2, -0.15) is 5.26 Å². The van der Waals surface area contributed by atoms with E-state index in [-0.39, 0.29) is 30.0 Å². The number of nitriles is 1. The Morgan fingerprint density at radius 2 is 2.10 bits per heavy atom. The van der Waals surface area contributed by atoms with Crippen molar-refractivity contribution in [1.29, 1.82) is 5.26 Å². The van der Waals surface area contributed by atoms with Crippen LogP contribution in [0.15, 0.2) is 29.7 Å². The van der Waals surface area contributed by atoms with Crippen molar-refractivity contribution >= 4 is 23.2 Å². The third-order valence-electron chi connectivity index (χ3n) is 4.01. The molecule has 21 heavy (non-hydrogen) atoms. The lowest BCUT2D eigenvalue weighted by atomic mass is 9.76. The first-order chi connectivity index (χ1) is 10.0. The van der Waals surface area contributed by atoms with Crippen molar-refractivity contribution in [3.05, 3.63) is 45.3 Å². The number of nitrogens with zero attached hydrogens (tertiary/aromatic N) is 1. The van der Waals surface area contributed by atoms with E-state index in [9.17, 15) is 5.26 Å². The summed E-state index contributed by atoms with van der Waals surface area (Å²) in [5.41, 5.74) is 13.3. The zero-order chi connectivity index (χ0) is 15.1. The number of hydrogen-bond donors (Lipinski definition) is 3. The third-order valence-corrected chi connectivity index (χ3v) is 4.58. The van der Waals surface area contributed by atoms with Gasteiger partial charge >= 0.3 is 0 Å². The molecule has 4 atom stereocenters. The Kier molecular flexibility index (Phi) is 3.72. The van der Waals surface area contributed by atoms with E-state index in [0.29, 0.717) is 15.6 Å². The minimum absolute atomic E-state index is 0.00521. The molecule has 2 aliphatic heterocycles. The van der Waals surface area contributed by atoms with E-state index in [2.05, 4.69) is 16.9 Å². The molecule has 1 aromatic carbocycles. The van der Waals surface area contributed by atoms with Crippen LogP contribution in [0.3, 0.4) is 0 Å². The Morgan fingerprint density at radius 1 is 1.33 bits per heavy atom. The number of halogens is 2. The number of benzene rings is 1. The first kappa shape index (κ1) is 14.5. The molecule has 4 unspecified atom stereocenters. The lowest BCUT2D eigenvalue weighted by Crippen LogP contribution is -2.41. The van der Waals surface area contributed by atoms with Crippen LogP contribution in [0.4, 0.5) is 0 Å². The monoisotopic (exact) mass is 324 g/mol. The van der Waals surface area contributed by atoms with E-state index in [0.717, 1.165) is 5.56 Å². The van der Waals surface area contributed by atoms with E-state index in [1.807, 2.05) is 13.0 Å². The molecule has 0 amide bonds. The first-order valence-corrected chi connectivity index (χ1v) is 7.31. The van der Waals surface area contributed by atoms with Gasteiger partial charge in [0.2, 0.25) is 5.88 Å². The summed E-state index contributed by atoms with van der Waals surface area (Å²) in [7, 11) is 0. The Morgan fingerprint density at radius 3 is 2.76 bits per heavy atom. The molecule has 4 N–H and O–H groups in total. The molecule has 0 aromatic heterocycles. The van der Waals surface area contributed by atoms with E-state index in [1.165, 1.54) is 0 Å². The number of nitrogens with two attached hydrogens (primary N) is 1. The maximum Gasteiger partial charge on any atom is 0.200 e. The summed E-state index contributed by atoms with van der Waals surface area (Å²) in [4.78, 5) is 0. The highest BCUT2D eigenvalue weighted by molar-refractivity contribution is 6.35. The van der Waals surface area contributed by atoms with Crippen molar-refractivity contribution in [3.63, 3.8) is 0 Å². The molecule has 0 radical (unpaired) electrons. The van der Waals surface area contributed by atoms with Crippen molar-refractivity contribution in [2.24, 2.45) is 11.7 Å². The van der Waals surface area contributed by atoms with Gasteiger partial charge in [0.1, 0.15) is 6.07 Å². The molecular weight excluding hydrogens is 311 g/mol. The predicted octanol–water partition coefficient (Wildman–Crippen LogP) is 2.24. The van der Waals surface area contributed by atoms with Crippen LogP contribution < -0.4 is 16.6 Å². The average Bonchev–Trinajstić information content (AvgIpc) is 2.79. The Labute approximate surface area is 132 Å². The molecule has 1 fully saturated rings. The van der Waals surface area contributed by atoms with Crippen LogP contribution in [0.2, 0.25) is 10.0 Å². The second-order valence-corrected chi connectivity index (χ2v) is 6.07. The first-order valence-electron chi connectivity index (χ1n) is 6.55. The molecule has 2 aliphatic rings. The van der Waals surface area contributed by atoms with Crippen molar-refractivity contribution < 1.29 is 4.74 Å². The van der Waals surface area contributed by atoms with Crippen molar-refractivity contribution in [2.75, 3.05) is 0 Å². The van der Waals surface area contributed by atoms with Crippen LogP contribution in [0, 0.1) is 17.2 Å². The molecule has 0 saturated carbocycles. The van der Waals surface area contributed by atoms with E-state index in [1.54, 1.807) is 12.1 Å². The maximum absolute atomic E-state index is 9.47. The lowest BCUT2D eigenvalue weighted by Gasteiger charge is -2.35. The minimum Gasteiger partial charge on any atom is -0.458 e. The molecule has 0 aliphatic carbocycles. The van der Waals surface area contributed by atoms with E-state index < -0.39 is 0 Å². The van der Waals surface area contributed by atoms with Gasteiger partial charge in [0.05, 0.1) is 5.57 Å². The fourth-order valence-corrected chi connectivity index (χ4v) is 3.55. The van der Waals surface area contributed by atoms with E-state index in [4.69, 9.17) is 33.7 Å². The highest BCUT2D eigenvalue weighted by Crippen LogP contribution is 2.45. The largest absolute Gasteiger partial charge is 0.458 e. The van der Waals surface area contributed by atoms with Crippen LogP contribution in [0.5, 0.6) is 0 Å². The number of ether oxygens (including phenoxy) is 1. The van der Waals surface area contributed by atoms with Crippen molar-refractivity contribution in [3.8, 4) is 6.07 Å². The normalized spacial score (nSPS) is 31.5. The zero-order valence-electron chi connectivity index (χ0n) is 11.2. The van der Waals surface area contributed by atoms with Crippen LogP contribution >= 0.6 is 23.2 Å². The topological polar surface area (TPSA) is 83.1 Å². The van der Waals surface area contributed by atoms with Gasteiger partial charge in [-0.1, -0.05) is 29.3 Å². The maximum atomic E-state index is 9.47. The smallest absolute Gasteiger partial charge is 0.200 e. The highest BCUT2D eigenvalue weighted by atomic mass is 35.5. The van der Waals surface area contributed by atoms with Gasteiger partial charge in [-0.15, -0.1) is 0 Å². The molecule has 3 rings (SSSR count). The van der Waals surface area contributed by atoms with Crippen LogP contribution in [-0.2, 0) is 4.74 Å². The van der Waals surface area contributed by atoms with Gasteiger partial charge < -0.3 is 10.5 Å². The molecule has 0 spiro atoms. The average molecular weight is 325 g/mol. The van der Waals surface area contributed by atoms with Gasteiger partial charge in [-0.05, 0) is 24.6 Å². The van der Waals surface area contributed by atoms with Gasteiger partial charge in [-0.25, -0.2) is 5.43 Å². The number of hydrazine groups is 1. The van der Waals surface area contributed by atoms with Gasteiger partial charge in [0.15, 0.2) is 6.23 Å². The number of rotatable bonds is 1. The van der Waals surface area contributed by atoms with Gasteiger partial charge in [0, 0.05) is 27.9 Å². The van der Waals surface area contributed by atoms with Gasteiger partial charge in [-0.3, -0.25) is 5.43 Å². The van der Waals surface area contributed by atoms with Gasteiger partial charge in [0.25, 0.3) is 0 Å². The molecule has 2 heterocycles. The molecule has 0 bridgehead atoms. The molecular formula is C14H14Cl2N4O. The molecule has 5 nitrogen and oxygen atoms in total. The highest BCUT2D eigenvalue weighted by Gasteiger charge is 2.47. The fraction of sp³-hybridized carbons (Fsp3) is 0.357. The summed E-state index contributed by atoms with van der Waals surface area (Å²) in [5.74, 6) is -0.0974. The zero-order valence-corrected chi connectivity index (χ0v) is 12.7. The quantitative estimate of drug-likeness (QED) is 0.738. The predicted molar refractivity (Wildman–Crippen MR) is 80.1 cm³/mol. The fourth-order valence-electron chi connectivity index (χ4n) is 3.03. The third kappa shape index (κ3) is 2.34. The van der Waals surface area contributed by atoms with Crippen LogP contribution in [0.25, 0.3) is 0 Å². The summed E-state index contributed by atoms with van der Waals surface area (Å²) >= 11 is 12.3. The minimum atomic E-state index is -0.297. The summed E-state index contributed by atoms with van der Waals surface area (Å²) < 4.78 is 5.59. The summed E-state index contributed by atoms with van der Waals surface area (Å²) in [6.07, 6.45) is -0.297. The Bertz CT molecular complexity index is 655. The Balaban J connectivity index is 2.15. The summed E-state index contributed by atoms with van der Waals surface area (Å²) in [6, 6.07) is 7.54. The van der Waals surface area contributed by atoms with Crippen LogP contribution in [-0.4, -0.2) is 12.3 Å². The van der Waals surface area contributed by atoms with Crippen LogP contribution in [0.1, 0.15) is 18.4 Å². The second kappa shape index (κ2) is 5.39. The van der Waals surface area contributed by atoms with E-state index >= 15 is 0 Å². The SMILES string of the molecule is CC1NNC2OC(N)=C(C#N)C(c3ccc(Cl)cc3Cl)C12. The molecule has 1 aromatic rings. The number of nitrogens with one attached hydrogen (secondary N) is 2. The number of allylic oxidation sites excluding steroid dienone is 1. The molecule has 1 saturated heterocycles. The van der Waals surface area contributed by atoms with Crippen molar-refractivity contribution in [1.82, 2.24) is 10.9 Å². The van der Waals surface area contributed by atoms with Crippen molar-refractivity contribution in [2.45, 2.75) is 25.1 Å². The molecule has 7 heteroatoms. The second-order valence-electron chi connectivity index (χ2n) is 5.23. The molecule has 110 valence electrons. The number of fused-ring (bicyclic) bond motifs is 1. The Hall–Kier alpha value is -1.45. The number of hydrogen-bond acceptors (Lipinski definition) is 5. The lowest BCUT2D eigenvalue weighted by molar-refractivity contribution is 0.0351. The standard InChI is InChI=1S/C14H14Cl2N4O/c1-6-11-12(8-3-2-7(15)4-10(8)16)9(5-17)13(18)21-14(11)20-19-6/h2-4,6,11-12,14,19-20H,18H2,1H3. The summed E-state index contributed by atoms with van der Waals surface area (Å²) in [5, 5.41) is 10.5. The summed E-state index contributed by atoms with van der Waals surface area (Å²) in [6.45, 7) is 2.02.